The molecule has 0 bridgehead atoms. The standard InChI is InChI=1S/C18H22N2O3S/c1-13-5-10-24-16(13)12-20-8-6-18(7-9-20,17(21)22)23-15-4-3-14(2)19-11-15/h3-5,10-11H,6-9,12H2,1-2H3,(H,21,22). The van der Waals surface area contributed by atoms with Crippen LogP contribution in [0.3, 0.4) is 0 Å². The van der Waals surface area contributed by atoms with Crippen LogP contribution in [-0.2, 0) is 11.3 Å². The van der Waals surface area contributed by atoms with Gasteiger partial charge < -0.3 is 9.84 Å². The Morgan fingerprint density at radius 1 is 1.33 bits per heavy atom. The van der Waals surface area contributed by atoms with Crippen LogP contribution in [0.15, 0.2) is 29.8 Å². The van der Waals surface area contributed by atoms with Gasteiger partial charge in [-0.1, -0.05) is 0 Å². The van der Waals surface area contributed by atoms with Crippen molar-refractivity contribution in [2.45, 2.75) is 38.8 Å². The van der Waals surface area contributed by atoms with E-state index in [9.17, 15) is 9.90 Å². The highest BCUT2D eigenvalue weighted by atomic mass is 32.1. The quantitative estimate of drug-likeness (QED) is 0.900. The molecule has 5 nitrogen and oxygen atoms in total. The molecule has 1 aliphatic heterocycles. The third-order valence-corrected chi connectivity index (χ3v) is 5.59. The maximum Gasteiger partial charge on any atom is 0.348 e. The molecule has 3 heterocycles. The molecule has 0 saturated carbocycles. The Kier molecular flexibility index (Phi) is 4.87. The Morgan fingerprint density at radius 2 is 2.08 bits per heavy atom. The van der Waals surface area contributed by atoms with Gasteiger partial charge in [0.1, 0.15) is 5.75 Å². The molecule has 1 fully saturated rings. The summed E-state index contributed by atoms with van der Waals surface area (Å²) in [7, 11) is 0. The van der Waals surface area contributed by atoms with Gasteiger partial charge in [0.15, 0.2) is 0 Å². The Morgan fingerprint density at radius 3 is 2.62 bits per heavy atom. The molecule has 2 aromatic rings. The van der Waals surface area contributed by atoms with Gasteiger partial charge in [0, 0.05) is 43.0 Å². The van der Waals surface area contributed by atoms with Gasteiger partial charge in [0.05, 0.1) is 6.20 Å². The van der Waals surface area contributed by atoms with E-state index in [0.717, 1.165) is 12.2 Å². The zero-order chi connectivity index (χ0) is 17.2. The van der Waals surface area contributed by atoms with E-state index in [1.54, 1.807) is 23.6 Å². The third kappa shape index (κ3) is 3.60. The zero-order valence-electron chi connectivity index (χ0n) is 14.0. The SMILES string of the molecule is Cc1ccc(OC2(C(=O)O)CCN(Cc3sccc3C)CC2)cn1. The van der Waals surface area contributed by atoms with Crippen molar-refractivity contribution in [3.63, 3.8) is 0 Å². The number of thiophene rings is 1. The van der Waals surface area contributed by atoms with E-state index in [4.69, 9.17) is 4.74 Å². The normalized spacial score (nSPS) is 17.6. The molecule has 6 heteroatoms. The van der Waals surface area contributed by atoms with E-state index >= 15 is 0 Å². The van der Waals surface area contributed by atoms with Crippen LogP contribution in [0.5, 0.6) is 5.75 Å². The lowest BCUT2D eigenvalue weighted by Gasteiger charge is -2.38. The number of rotatable bonds is 5. The predicted molar refractivity (Wildman–Crippen MR) is 93.5 cm³/mol. The molecule has 0 aliphatic carbocycles. The molecule has 2 aromatic heterocycles. The summed E-state index contributed by atoms with van der Waals surface area (Å²) >= 11 is 1.76. The molecular weight excluding hydrogens is 324 g/mol. The lowest BCUT2D eigenvalue weighted by Crippen LogP contribution is -2.53. The third-order valence-electron chi connectivity index (χ3n) is 4.59. The molecule has 128 valence electrons. The van der Waals surface area contributed by atoms with E-state index in [1.807, 2.05) is 13.0 Å². The first-order valence-electron chi connectivity index (χ1n) is 8.09. The lowest BCUT2D eigenvalue weighted by molar-refractivity contribution is -0.159. The fourth-order valence-electron chi connectivity index (χ4n) is 2.94. The van der Waals surface area contributed by atoms with Gasteiger partial charge in [0.25, 0.3) is 0 Å². The van der Waals surface area contributed by atoms with E-state index < -0.39 is 11.6 Å². The van der Waals surface area contributed by atoms with Crippen LogP contribution in [0, 0.1) is 13.8 Å². The van der Waals surface area contributed by atoms with Crippen LogP contribution in [0.2, 0.25) is 0 Å². The minimum Gasteiger partial charge on any atom is -0.478 e. The Hall–Kier alpha value is -1.92. The molecule has 0 amide bonds. The van der Waals surface area contributed by atoms with Crippen LogP contribution in [-0.4, -0.2) is 39.7 Å². The molecule has 0 atom stereocenters. The highest BCUT2D eigenvalue weighted by Crippen LogP contribution is 2.30. The smallest absolute Gasteiger partial charge is 0.348 e. The molecule has 3 rings (SSSR count). The first-order valence-corrected chi connectivity index (χ1v) is 8.97. The van der Waals surface area contributed by atoms with E-state index in [-0.39, 0.29) is 0 Å². The van der Waals surface area contributed by atoms with E-state index in [0.29, 0.717) is 31.7 Å². The topological polar surface area (TPSA) is 62.7 Å². The minimum absolute atomic E-state index is 0.473. The average molecular weight is 346 g/mol. The number of aromatic nitrogens is 1. The largest absolute Gasteiger partial charge is 0.478 e. The number of hydrogen-bond donors (Lipinski definition) is 1. The van der Waals surface area contributed by atoms with Gasteiger partial charge in [-0.3, -0.25) is 9.88 Å². The first-order chi connectivity index (χ1) is 11.5. The first kappa shape index (κ1) is 16.9. The number of hydrogen-bond acceptors (Lipinski definition) is 5. The van der Waals surface area contributed by atoms with Crippen LogP contribution < -0.4 is 4.74 Å². The van der Waals surface area contributed by atoms with Gasteiger partial charge in [-0.15, -0.1) is 11.3 Å². The summed E-state index contributed by atoms with van der Waals surface area (Å²) in [5.41, 5.74) is 1.03. The average Bonchev–Trinajstić information content (AvgIpc) is 2.96. The molecule has 24 heavy (non-hydrogen) atoms. The van der Waals surface area contributed by atoms with E-state index in [2.05, 4.69) is 28.3 Å². The molecule has 0 unspecified atom stereocenters. The Bertz CT molecular complexity index is 703. The highest BCUT2D eigenvalue weighted by Gasteiger charge is 2.44. The summed E-state index contributed by atoms with van der Waals surface area (Å²) in [6.45, 7) is 6.31. The number of aliphatic carboxylic acids is 1. The summed E-state index contributed by atoms with van der Waals surface area (Å²) < 4.78 is 5.88. The molecule has 0 spiro atoms. The van der Waals surface area contributed by atoms with Gasteiger partial charge >= 0.3 is 5.97 Å². The molecule has 0 aromatic carbocycles. The van der Waals surface area contributed by atoms with Gasteiger partial charge in [-0.2, -0.15) is 0 Å². The number of carbonyl (C=O) groups is 1. The monoisotopic (exact) mass is 346 g/mol. The van der Waals surface area contributed by atoms with Crippen molar-refractivity contribution >= 4 is 17.3 Å². The van der Waals surface area contributed by atoms with Crippen molar-refractivity contribution in [2.75, 3.05) is 13.1 Å². The zero-order valence-corrected chi connectivity index (χ0v) is 14.8. The minimum atomic E-state index is -1.15. The molecule has 1 saturated heterocycles. The fraction of sp³-hybridized carbons (Fsp3) is 0.444. The number of aryl methyl sites for hydroxylation is 2. The second-order valence-electron chi connectivity index (χ2n) is 6.34. The van der Waals surface area contributed by atoms with Crippen molar-refractivity contribution in [1.29, 1.82) is 0 Å². The van der Waals surface area contributed by atoms with Gasteiger partial charge in [-0.25, -0.2) is 4.79 Å². The number of nitrogens with zero attached hydrogens (tertiary/aromatic N) is 2. The lowest BCUT2D eigenvalue weighted by atomic mass is 9.91. The Balaban J connectivity index is 1.66. The van der Waals surface area contributed by atoms with Crippen LogP contribution in [0.4, 0.5) is 0 Å². The molecule has 1 N–H and O–H groups in total. The second kappa shape index (κ2) is 6.91. The predicted octanol–water partition coefficient (Wildman–Crippen LogP) is 3.26. The summed E-state index contributed by atoms with van der Waals surface area (Å²) in [5, 5.41) is 11.8. The molecule has 1 aliphatic rings. The van der Waals surface area contributed by atoms with Gasteiger partial charge in [0.2, 0.25) is 5.60 Å². The maximum atomic E-state index is 11.9. The van der Waals surface area contributed by atoms with Crippen molar-refractivity contribution in [3.05, 3.63) is 45.9 Å². The highest BCUT2D eigenvalue weighted by molar-refractivity contribution is 7.10. The Labute approximate surface area is 145 Å². The number of carboxylic acids is 1. The number of ether oxygens (including phenoxy) is 1. The maximum absolute atomic E-state index is 11.9. The number of piperidine rings is 1. The fourth-order valence-corrected chi connectivity index (χ4v) is 3.89. The molecule has 0 radical (unpaired) electrons. The summed E-state index contributed by atoms with van der Waals surface area (Å²) in [4.78, 5) is 19.7. The van der Waals surface area contributed by atoms with E-state index in [1.165, 1.54) is 10.4 Å². The molecular formula is C18H22N2O3S. The van der Waals surface area contributed by atoms with Crippen LogP contribution in [0.1, 0.15) is 29.0 Å². The van der Waals surface area contributed by atoms with Crippen LogP contribution >= 0.6 is 11.3 Å². The van der Waals surface area contributed by atoms with Crippen LogP contribution in [0.25, 0.3) is 0 Å². The number of likely N-dealkylation sites (tertiary alicyclic amines) is 1. The van der Waals surface area contributed by atoms with Gasteiger partial charge in [-0.05, 0) is 43.0 Å². The van der Waals surface area contributed by atoms with Crippen molar-refractivity contribution in [1.82, 2.24) is 9.88 Å². The summed E-state index contributed by atoms with van der Waals surface area (Å²) in [5.74, 6) is -0.374. The summed E-state index contributed by atoms with van der Waals surface area (Å²) in [6, 6.07) is 5.74. The number of carboxylic acid groups (broad SMARTS) is 1. The second-order valence-corrected chi connectivity index (χ2v) is 7.34. The summed E-state index contributed by atoms with van der Waals surface area (Å²) in [6.07, 6.45) is 2.54. The number of pyridine rings is 1. The van der Waals surface area contributed by atoms with Crippen molar-refractivity contribution in [2.24, 2.45) is 0 Å². The van der Waals surface area contributed by atoms with Crippen molar-refractivity contribution in [3.8, 4) is 5.75 Å². The van der Waals surface area contributed by atoms with Crippen molar-refractivity contribution < 1.29 is 14.6 Å².